The summed E-state index contributed by atoms with van der Waals surface area (Å²) >= 11 is 0. The highest BCUT2D eigenvalue weighted by atomic mass is 16.5. The highest BCUT2D eigenvalue weighted by Gasteiger charge is 2.03. The van der Waals surface area contributed by atoms with Gasteiger partial charge in [-0.05, 0) is 19.1 Å². The molecular formula is C10H10N4O2. The average molecular weight is 218 g/mol. The largest absolute Gasteiger partial charge is 0.485 e. The van der Waals surface area contributed by atoms with Crippen LogP contribution in [0, 0.1) is 0 Å². The van der Waals surface area contributed by atoms with E-state index in [0.29, 0.717) is 17.1 Å². The Hall–Kier alpha value is -2.24. The van der Waals surface area contributed by atoms with Crippen molar-refractivity contribution in [1.29, 1.82) is 0 Å². The Kier molecular flexibility index (Phi) is 2.90. The Balaban J connectivity index is 2.04. The number of aromatic nitrogens is 4. The van der Waals surface area contributed by atoms with E-state index in [2.05, 4.69) is 20.6 Å². The zero-order valence-corrected chi connectivity index (χ0v) is 8.67. The molecule has 1 aromatic carbocycles. The number of hydrogen-bond donors (Lipinski definition) is 1. The molecule has 0 spiro atoms. The molecule has 0 saturated heterocycles. The fourth-order valence-electron chi connectivity index (χ4n) is 1.20. The molecule has 0 saturated carbocycles. The predicted octanol–water partition coefficient (Wildman–Crippen LogP) is 0.981. The SMILES string of the molecule is CC(=O)c1cccc(OCc2nn[nH]n2)c1. The summed E-state index contributed by atoms with van der Waals surface area (Å²) in [5.74, 6) is 1.08. The molecular weight excluding hydrogens is 208 g/mol. The standard InChI is InChI=1S/C10H10N4O2/c1-7(15)8-3-2-4-9(5-8)16-6-10-11-13-14-12-10/h2-5H,6H2,1H3,(H,11,12,13,14). The number of benzene rings is 1. The van der Waals surface area contributed by atoms with Crippen LogP contribution in [0.4, 0.5) is 0 Å². The van der Waals surface area contributed by atoms with Gasteiger partial charge in [-0.15, -0.1) is 10.2 Å². The fourth-order valence-corrected chi connectivity index (χ4v) is 1.20. The maximum Gasteiger partial charge on any atom is 0.211 e. The van der Waals surface area contributed by atoms with Crippen molar-refractivity contribution in [1.82, 2.24) is 20.6 Å². The summed E-state index contributed by atoms with van der Waals surface area (Å²) in [6, 6.07) is 6.96. The molecule has 0 aliphatic rings. The first-order valence-corrected chi connectivity index (χ1v) is 4.72. The first-order valence-electron chi connectivity index (χ1n) is 4.72. The number of ether oxygens (including phenoxy) is 1. The van der Waals surface area contributed by atoms with Gasteiger partial charge in [-0.1, -0.05) is 17.3 Å². The molecule has 16 heavy (non-hydrogen) atoms. The van der Waals surface area contributed by atoms with Crippen LogP contribution in [0.25, 0.3) is 0 Å². The summed E-state index contributed by atoms with van der Waals surface area (Å²) in [5.41, 5.74) is 0.616. The molecule has 0 fully saturated rings. The van der Waals surface area contributed by atoms with Crippen molar-refractivity contribution >= 4 is 5.78 Å². The summed E-state index contributed by atoms with van der Waals surface area (Å²) in [5, 5.41) is 13.2. The van der Waals surface area contributed by atoms with Crippen LogP contribution in [0.15, 0.2) is 24.3 Å². The van der Waals surface area contributed by atoms with Crippen molar-refractivity contribution in [2.75, 3.05) is 0 Å². The Labute approximate surface area is 91.6 Å². The zero-order chi connectivity index (χ0) is 11.4. The molecule has 0 aliphatic heterocycles. The summed E-state index contributed by atoms with van der Waals surface area (Å²) < 4.78 is 5.40. The lowest BCUT2D eigenvalue weighted by atomic mass is 10.1. The summed E-state index contributed by atoms with van der Waals surface area (Å²) in [6.45, 7) is 1.73. The third kappa shape index (κ3) is 2.41. The summed E-state index contributed by atoms with van der Waals surface area (Å²) in [4.78, 5) is 11.1. The molecule has 0 radical (unpaired) electrons. The minimum Gasteiger partial charge on any atom is -0.485 e. The first-order chi connectivity index (χ1) is 7.75. The van der Waals surface area contributed by atoms with Gasteiger partial charge < -0.3 is 4.74 Å². The molecule has 0 bridgehead atoms. The van der Waals surface area contributed by atoms with Crippen LogP contribution in [0.3, 0.4) is 0 Å². The highest BCUT2D eigenvalue weighted by Crippen LogP contribution is 2.14. The average Bonchev–Trinajstić information content (AvgIpc) is 2.79. The zero-order valence-electron chi connectivity index (χ0n) is 8.67. The highest BCUT2D eigenvalue weighted by molar-refractivity contribution is 5.94. The van der Waals surface area contributed by atoms with E-state index < -0.39 is 0 Å². The number of ketones is 1. The van der Waals surface area contributed by atoms with Crippen LogP contribution >= 0.6 is 0 Å². The number of Topliss-reactive ketones (excluding diaryl/α,β-unsaturated/α-hetero) is 1. The number of tetrazole rings is 1. The lowest BCUT2D eigenvalue weighted by Gasteiger charge is -2.04. The molecule has 2 rings (SSSR count). The quantitative estimate of drug-likeness (QED) is 0.773. The van der Waals surface area contributed by atoms with Gasteiger partial charge in [0.15, 0.2) is 12.4 Å². The van der Waals surface area contributed by atoms with Crippen molar-refractivity contribution in [2.45, 2.75) is 13.5 Å². The number of hydrogen-bond acceptors (Lipinski definition) is 5. The summed E-state index contributed by atoms with van der Waals surface area (Å²) in [6.07, 6.45) is 0. The van der Waals surface area contributed by atoms with Crippen LogP contribution < -0.4 is 4.74 Å². The van der Waals surface area contributed by atoms with Gasteiger partial charge in [0.2, 0.25) is 5.82 Å². The number of rotatable bonds is 4. The molecule has 1 heterocycles. The Morgan fingerprint density at radius 1 is 1.50 bits per heavy atom. The first kappa shape index (κ1) is 10.3. The molecule has 2 aromatic rings. The fraction of sp³-hybridized carbons (Fsp3) is 0.200. The van der Waals surface area contributed by atoms with Crippen molar-refractivity contribution in [3.05, 3.63) is 35.7 Å². The number of nitrogens with one attached hydrogen (secondary N) is 1. The van der Waals surface area contributed by atoms with Crippen LogP contribution in [-0.2, 0) is 6.61 Å². The van der Waals surface area contributed by atoms with Crippen molar-refractivity contribution < 1.29 is 9.53 Å². The number of carbonyl (C=O) groups is 1. The van der Waals surface area contributed by atoms with Gasteiger partial charge in [-0.2, -0.15) is 5.21 Å². The normalized spacial score (nSPS) is 10.1. The summed E-state index contributed by atoms with van der Waals surface area (Å²) in [7, 11) is 0. The molecule has 82 valence electrons. The molecule has 0 unspecified atom stereocenters. The van der Waals surface area contributed by atoms with Gasteiger partial charge in [0, 0.05) is 5.56 Å². The minimum absolute atomic E-state index is 0.00464. The molecule has 0 aliphatic carbocycles. The second kappa shape index (κ2) is 4.52. The van der Waals surface area contributed by atoms with E-state index in [1.807, 2.05) is 0 Å². The smallest absolute Gasteiger partial charge is 0.211 e. The van der Waals surface area contributed by atoms with Crippen LogP contribution in [-0.4, -0.2) is 26.4 Å². The Morgan fingerprint density at radius 2 is 2.38 bits per heavy atom. The van der Waals surface area contributed by atoms with Crippen molar-refractivity contribution in [3.63, 3.8) is 0 Å². The number of carbonyl (C=O) groups excluding carboxylic acids is 1. The molecule has 6 heteroatoms. The van der Waals surface area contributed by atoms with E-state index in [1.165, 1.54) is 6.92 Å². The minimum atomic E-state index is 0.00464. The molecule has 1 aromatic heterocycles. The number of H-pyrrole nitrogens is 1. The van der Waals surface area contributed by atoms with Gasteiger partial charge in [-0.25, -0.2) is 0 Å². The maximum absolute atomic E-state index is 11.1. The molecule has 0 atom stereocenters. The predicted molar refractivity (Wildman–Crippen MR) is 55.0 cm³/mol. The van der Waals surface area contributed by atoms with Crippen LogP contribution in [0.5, 0.6) is 5.75 Å². The number of nitrogens with zero attached hydrogens (tertiary/aromatic N) is 3. The second-order valence-corrected chi connectivity index (χ2v) is 3.20. The number of aromatic amines is 1. The van der Waals surface area contributed by atoms with Gasteiger partial charge >= 0.3 is 0 Å². The third-order valence-corrected chi connectivity index (χ3v) is 2.00. The van der Waals surface area contributed by atoms with Crippen LogP contribution in [0.1, 0.15) is 23.1 Å². The molecule has 6 nitrogen and oxygen atoms in total. The second-order valence-electron chi connectivity index (χ2n) is 3.20. The van der Waals surface area contributed by atoms with Crippen molar-refractivity contribution in [3.8, 4) is 5.75 Å². The van der Waals surface area contributed by atoms with Gasteiger partial charge in [0.25, 0.3) is 0 Å². The maximum atomic E-state index is 11.1. The van der Waals surface area contributed by atoms with Gasteiger partial charge in [0.1, 0.15) is 5.75 Å². The van der Waals surface area contributed by atoms with Crippen LogP contribution in [0.2, 0.25) is 0 Å². The van der Waals surface area contributed by atoms with E-state index in [4.69, 9.17) is 4.74 Å². The topological polar surface area (TPSA) is 80.8 Å². The Bertz CT molecular complexity index is 481. The third-order valence-electron chi connectivity index (χ3n) is 2.00. The molecule has 0 amide bonds. The lowest BCUT2D eigenvalue weighted by molar-refractivity contribution is 0.101. The van der Waals surface area contributed by atoms with E-state index in [0.717, 1.165) is 0 Å². The van der Waals surface area contributed by atoms with Gasteiger partial charge in [-0.3, -0.25) is 4.79 Å². The Morgan fingerprint density at radius 3 is 3.06 bits per heavy atom. The van der Waals surface area contributed by atoms with Gasteiger partial charge in [0.05, 0.1) is 0 Å². The van der Waals surface area contributed by atoms with E-state index in [-0.39, 0.29) is 12.4 Å². The van der Waals surface area contributed by atoms with E-state index in [1.54, 1.807) is 24.3 Å². The van der Waals surface area contributed by atoms with E-state index >= 15 is 0 Å². The molecule has 1 N–H and O–H groups in total. The van der Waals surface area contributed by atoms with E-state index in [9.17, 15) is 4.79 Å². The monoisotopic (exact) mass is 218 g/mol. The lowest BCUT2D eigenvalue weighted by Crippen LogP contribution is -1.99. The van der Waals surface area contributed by atoms with Crippen molar-refractivity contribution in [2.24, 2.45) is 0 Å².